The van der Waals surface area contributed by atoms with Gasteiger partial charge in [-0.25, -0.2) is 9.49 Å². The third-order valence-corrected chi connectivity index (χ3v) is 8.66. The number of likely N-dealkylation sites (tertiary alicyclic amines) is 1. The Morgan fingerprint density at radius 3 is 2.46 bits per heavy atom. The lowest BCUT2D eigenvalue weighted by Crippen LogP contribution is -2.56. The molecule has 12 heteroatoms. The minimum Gasteiger partial charge on any atom is -0.463 e. The van der Waals surface area contributed by atoms with Crippen LogP contribution in [0.25, 0.3) is 0 Å². The maximum atomic E-state index is 14.3. The van der Waals surface area contributed by atoms with Crippen LogP contribution in [-0.4, -0.2) is 65.3 Å². The summed E-state index contributed by atoms with van der Waals surface area (Å²) in [4.78, 5) is 54.8. The minimum atomic E-state index is -1.01. The van der Waals surface area contributed by atoms with Crippen molar-refractivity contribution >= 4 is 17.8 Å². The van der Waals surface area contributed by atoms with Crippen molar-refractivity contribution in [1.82, 2.24) is 20.4 Å². The number of aromatic amines is 1. The molecule has 0 bridgehead atoms. The fourth-order valence-corrected chi connectivity index (χ4v) is 6.13. The molecule has 0 radical (unpaired) electrons. The van der Waals surface area contributed by atoms with Crippen molar-refractivity contribution in [3.63, 3.8) is 0 Å². The Kier molecular flexibility index (Phi) is 11.3. The van der Waals surface area contributed by atoms with Crippen molar-refractivity contribution in [3.8, 4) is 11.5 Å². The number of H-pyrrole nitrogens is 1. The van der Waals surface area contributed by atoms with Crippen LogP contribution in [0.3, 0.4) is 0 Å². The second-order valence-electron chi connectivity index (χ2n) is 11.4. The summed E-state index contributed by atoms with van der Waals surface area (Å²) in [6.07, 6.45) is 1.84. The van der Waals surface area contributed by atoms with E-state index in [9.17, 15) is 23.6 Å². The van der Waals surface area contributed by atoms with Crippen molar-refractivity contribution in [3.05, 3.63) is 87.6 Å². The molecule has 2 amide bonds. The molecule has 2 heterocycles. The Bertz CT molecular complexity index is 1590. The van der Waals surface area contributed by atoms with E-state index in [1.54, 1.807) is 43.0 Å². The maximum absolute atomic E-state index is 14.3. The molecule has 246 valence electrons. The molecule has 0 aliphatic carbocycles. The maximum Gasteiger partial charge on any atom is 0.314 e. The van der Waals surface area contributed by atoms with E-state index in [0.717, 1.165) is 0 Å². The van der Waals surface area contributed by atoms with Crippen molar-refractivity contribution in [2.45, 2.75) is 71.5 Å². The number of methoxy groups -OCH3 is 1. The first-order valence-corrected chi connectivity index (χ1v) is 15.4. The van der Waals surface area contributed by atoms with Gasteiger partial charge in [0.2, 0.25) is 5.91 Å². The molecule has 3 aromatic rings. The largest absolute Gasteiger partial charge is 0.463 e. The molecule has 1 saturated heterocycles. The van der Waals surface area contributed by atoms with Crippen LogP contribution in [0, 0.1) is 18.2 Å². The molecule has 2 aromatic carbocycles. The first-order chi connectivity index (χ1) is 22.0. The predicted octanol–water partition coefficient (Wildman–Crippen LogP) is 4.86. The molecule has 1 aliphatic heterocycles. The zero-order valence-electron chi connectivity index (χ0n) is 26.8. The van der Waals surface area contributed by atoms with Gasteiger partial charge in [-0.05, 0) is 81.5 Å². The number of aryl methyl sites for hydroxylation is 1. The number of esters is 1. The topological polar surface area (TPSA) is 140 Å². The van der Waals surface area contributed by atoms with Gasteiger partial charge in [0.05, 0.1) is 23.8 Å². The average molecular weight is 637 g/mol. The van der Waals surface area contributed by atoms with E-state index in [-0.39, 0.29) is 24.5 Å². The number of hydrogen-bond acceptors (Lipinski definition) is 8. The molecule has 0 spiro atoms. The molecule has 3 atom stereocenters. The monoisotopic (exact) mass is 636 g/mol. The Hall–Kier alpha value is -4.58. The lowest BCUT2D eigenvalue weighted by molar-refractivity contribution is -0.164. The SMILES string of the molecule is CCC(CC)(C(=O)OCCOC)[C@H]1CC[C@@H](c2cccc(F)c2)N1C(=O)[C@@H](C)NC(=O)c1ccc(Oc2cc(C)n[nH]c2=O)cc1. The number of nitrogens with zero attached hydrogens (tertiary/aromatic N) is 2. The summed E-state index contributed by atoms with van der Waals surface area (Å²) < 4.78 is 30.6. The van der Waals surface area contributed by atoms with E-state index < -0.39 is 52.7 Å². The summed E-state index contributed by atoms with van der Waals surface area (Å²) >= 11 is 0. The summed E-state index contributed by atoms with van der Waals surface area (Å²) in [5.41, 5.74) is -0.0519. The molecule has 0 unspecified atom stereocenters. The average Bonchev–Trinajstić information content (AvgIpc) is 3.49. The lowest BCUT2D eigenvalue weighted by Gasteiger charge is -2.43. The molecule has 1 aromatic heterocycles. The van der Waals surface area contributed by atoms with E-state index in [1.807, 2.05) is 13.8 Å². The Morgan fingerprint density at radius 2 is 1.80 bits per heavy atom. The van der Waals surface area contributed by atoms with Crippen LogP contribution in [0.5, 0.6) is 11.5 Å². The molecule has 11 nitrogen and oxygen atoms in total. The Labute approximate surface area is 267 Å². The van der Waals surface area contributed by atoms with Gasteiger partial charge in [-0.3, -0.25) is 19.2 Å². The van der Waals surface area contributed by atoms with Crippen LogP contribution < -0.4 is 15.6 Å². The number of carbonyl (C=O) groups is 3. The van der Waals surface area contributed by atoms with Gasteiger partial charge in [0.1, 0.15) is 24.2 Å². The van der Waals surface area contributed by atoms with E-state index in [4.69, 9.17) is 14.2 Å². The highest BCUT2D eigenvalue weighted by Crippen LogP contribution is 2.47. The molecule has 1 aliphatic rings. The third kappa shape index (κ3) is 7.44. The molecule has 46 heavy (non-hydrogen) atoms. The molecule has 1 fully saturated rings. The van der Waals surface area contributed by atoms with E-state index >= 15 is 0 Å². The molecule has 0 saturated carbocycles. The summed E-state index contributed by atoms with van der Waals surface area (Å²) in [7, 11) is 1.52. The summed E-state index contributed by atoms with van der Waals surface area (Å²) in [5, 5.41) is 8.95. The second kappa shape index (κ2) is 15.1. The zero-order chi connectivity index (χ0) is 33.4. The first kappa shape index (κ1) is 34.3. The molecular weight excluding hydrogens is 595 g/mol. The number of hydrogen-bond donors (Lipinski definition) is 2. The fourth-order valence-electron chi connectivity index (χ4n) is 6.13. The number of rotatable bonds is 13. The summed E-state index contributed by atoms with van der Waals surface area (Å²) in [6.45, 7) is 7.41. The quantitative estimate of drug-likeness (QED) is 0.200. The standard InChI is InChI=1S/C34H41FN4O7/c1-6-34(7-2,33(43)45-18-17-44-5)29-16-15-27(24-9-8-10-25(35)20-24)39(29)32(42)22(4)36-30(40)23-11-13-26(14-12-23)46-28-19-21(3)37-38-31(28)41/h8-14,19-20,22,27,29H,6-7,15-18H2,1-5H3,(H,36,40)(H,38,41)/t22-,27+,29-/m1/s1. The van der Waals surface area contributed by atoms with Crippen LogP contribution in [0.4, 0.5) is 4.39 Å². The number of benzene rings is 2. The van der Waals surface area contributed by atoms with E-state index in [2.05, 4.69) is 15.5 Å². The fraction of sp³-hybridized carbons (Fsp3) is 0.441. The lowest BCUT2D eigenvalue weighted by atomic mass is 9.74. The van der Waals surface area contributed by atoms with Gasteiger partial charge in [0.15, 0.2) is 5.75 Å². The molecular formula is C34H41FN4O7. The number of aromatic nitrogens is 2. The minimum absolute atomic E-state index is 0.0646. The van der Waals surface area contributed by atoms with Gasteiger partial charge < -0.3 is 24.4 Å². The van der Waals surface area contributed by atoms with E-state index in [0.29, 0.717) is 42.7 Å². The van der Waals surface area contributed by atoms with Crippen LogP contribution >= 0.6 is 0 Å². The van der Waals surface area contributed by atoms with Crippen LogP contribution in [0.15, 0.2) is 59.4 Å². The Balaban J connectivity index is 1.57. The smallest absolute Gasteiger partial charge is 0.314 e. The van der Waals surface area contributed by atoms with Crippen LogP contribution in [0.1, 0.15) is 74.1 Å². The summed E-state index contributed by atoms with van der Waals surface area (Å²) in [6, 6.07) is 11.7. The van der Waals surface area contributed by atoms with Crippen molar-refractivity contribution in [1.29, 1.82) is 0 Å². The normalized spacial score (nSPS) is 17.0. The van der Waals surface area contributed by atoms with Gasteiger partial charge >= 0.3 is 11.5 Å². The number of halogens is 1. The van der Waals surface area contributed by atoms with Crippen LogP contribution in [-0.2, 0) is 19.1 Å². The van der Waals surface area contributed by atoms with E-state index in [1.165, 1.54) is 37.4 Å². The van der Waals surface area contributed by atoms with Crippen molar-refractivity contribution in [2.24, 2.45) is 5.41 Å². The number of amides is 2. The highest BCUT2D eigenvalue weighted by molar-refractivity contribution is 5.97. The van der Waals surface area contributed by atoms with Crippen molar-refractivity contribution in [2.75, 3.05) is 20.3 Å². The highest BCUT2D eigenvalue weighted by atomic mass is 19.1. The summed E-state index contributed by atoms with van der Waals surface area (Å²) in [5.74, 6) is -1.34. The number of ether oxygens (including phenoxy) is 3. The molecule has 2 N–H and O–H groups in total. The second-order valence-corrected chi connectivity index (χ2v) is 11.4. The zero-order valence-corrected chi connectivity index (χ0v) is 26.8. The van der Waals surface area contributed by atoms with Crippen molar-refractivity contribution < 1.29 is 33.0 Å². The Morgan fingerprint density at radius 1 is 1.09 bits per heavy atom. The number of carbonyl (C=O) groups excluding carboxylic acids is 3. The van der Waals surface area contributed by atoms with Gasteiger partial charge in [-0.2, -0.15) is 5.10 Å². The van der Waals surface area contributed by atoms with Gasteiger partial charge in [-0.1, -0.05) is 26.0 Å². The first-order valence-electron chi connectivity index (χ1n) is 15.4. The van der Waals surface area contributed by atoms with Gasteiger partial charge in [-0.15, -0.1) is 0 Å². The molecule has 4 rings (SSSR count). The third-order valence-electron chi connectivity index (χ3n) is 8.66. The number of nitrogens with one attached hydrogen (secondary N) is 2. The van der Waals surface area contributed by atoms with Crippen LogP contribution in [0.2, 0.25) is 0 Å². The van der Waals surface area contributed by atoms with Gasteiger partial charge in [0.25, 0.3) is 5.91 Å². The predicted molar refractivity (Wildman–Crippen MR) is 168 cm³/mol. The van der Waals surface area contributed by atoms with Gasteiger partial charge in [0, 0.05) is 24.8 Å². The highest BCUT2D eigenvalue weighted by Gasteiger charge is 2.53.